The third-order valence-electron chi connectivity index (χ3n) is 4.61. The van der Waals surface area contributed by atoms with Crippen LogP contribution in [0.4, 0.5) is 5.69 Å². The van der Waals surface area contributed by atoms with Crippen LogP contribution in [0.2, 0.25) is 5.02 Å². The van der Waals surface area contributed by atoms with Crippen molar-refractivity contribution in [1.82, 2.24) is 5.32 Å². The van der Waals surface area contributed by atoms with E-state index in [0.717, 1.165) is 22.4 Å². The Kier molecular flexibility index (Phi) is 7.24. The fourth-order valence-corrected chi connectivity index (χ4v) is 3.16. The van der Waals surface area contributed by atoms with Gasteiger partial charge in [-0.25, -0.2) is 0 Å². The summed E-state index contributed by atoms with van der Waals surface area (Å²) in [5.74, 6) is 4.58. The van der Waals surface area contributed by atoms with Crippen molar-refractivity contribution in [3.05, 3.63) is 99.6 Å². The highest BCUT2D eigenvalue weighted by Gasteiger charge is 2.09. The Bertz CT molecular complexity index is 1110. The Morgan fingerprint density at radius 1 is 0.968 bits per heavy atom. The third-order valence-corrected chi connectivity index (χ3v) is 4.84. The number of anilines is 1. The summed E-state index contributed by atoms with van der Waals surface area (Å²) in [5.41, 5.74) is 9.72. The number of nitrogens with one attached hydrogen (secondary N) is 2. The highest BCUT2D eigenvalue weighted by atomic mass is 35.5. The van der Waals surface area contributed by atoms with E-state index >= 15 is 0 Å². The molecule has 0 heterocycles. The van der Waals surface area contributed by atoms with Crippen LogP contribution in [0.3, 0.4) is 0 Å². The number of nitrogens with two attached hydrogens (primary N) is 2. The summed E-state index contributed by atoms with van der Waals surface area (Å²) >= 11 is 5.97. The van der Waals surface area contributed by atoms with E-state index in [2.05, 4.69) is 15.7 Å². The molecule has 7 nitrogen and oxygen atoms in total. The number of hydrazone groups is 1. The minimum absolute atomic E-state index is 0.219. The molecule has 0 fully saturated rings. The average molecular weight is 436 g/mol. The van der Waals surface area contributed by atoms with Crippen LogP contribution in [0.1, 0.15) is 37.4 Å². The summed E-state index contributed by atoms with van der Waals surface area (Å²) < 4.78 is 0. The first kappa shape index (κ1) is 21.9. The topological polar surface area (TPSA) is 123 Å². The highest BCUT2D eigenvalue weighted by molar-refractivity contribution is 6.30. The summed E-state index contributed by atoms with van der Waals surface area (Å²) in [7, 11) is 0. The van der Waals surface area contributed by atoms with E-state index in [-0.39, 0.29) is 5.91 Å². The fraction of sp³-hybridized carbons (Fsp3) is 0.0870. The number of nitrogens with zero attached hydrogens (tertiary/aromatic N) is 1. The van der Waals surface area contributed by atoms with Crippen molar-refractivity contribution in [1.29, 1.82) is 0 Å². The number of carbonyl (C=O) groups is 2. The van der Waals surface area contributed by atoms with Gasteiger partial charge in [0.25, 0.3) is 5.91 Å². The molecule has 2 amide bonds. The van der Waals surface area contributed by atoms with Crippen molar-refractivity contribution in [3.8, 4) is 0 Å². The van der Waals surface area contributed by atoms with Crippen molar-refractivity contribution >= 4 is 35.3 Å². The van der Waals surface area contributed by atoms with Gasteiger partial charge in [-0.2, -0.15) is 5.10 Å². The predicted molar refractivity (Wildman–Crippen MR) is 123 cm³/mol. The summed E-state index contributed by atoms with van der Waals surface area (Å²) in [6.45, 7) is 0.825. The predicted octanol–water partition coefficient (Wildman–Crippen LogP) is 3.27. The second-order valence-electron chi connectivity index (χ2n) is 6.80. The number of carbonyl (C=O) groups excluding carboxylic acids is 2. The largest absolute Gasteiger partial charge is 0.381 e. The number of halogens is 1. The molecule has 0 aliphatic heterocycles. The summed E-state index contributed by atoms with van der Waals surface area (Å²) in [4.78, 5) is 23.7. The van der Waals surface area contributed by atoms with E-state index in [1.54, 1.807) is 42.6 Å². The van der Waals surface area contributed by atoms with Gasteiger partial charge < -0.3 is 22.2 Å². The van der Waals surface area contributed by atoms with E-state index in [4.69, 9.17) is 23.2 Å². The van der Waals surface area contributed by atoms with Crippen LogP contribution >= 0.6 is 11.6 Å². The third kappa shape index (κ3) is 6.07. The van der Waals surface area contributed by atoms with Gasteiger partial charge in [0.2, 0.25) is 5.91 Å². The zero-order chi connectivity index (χ0) is 22.2. The first-order valence-corrected chi connectivity index (χ1v) is 9.86. The van der Waals surface area contributed by atoms with Gasteiger partial charge >= 0.3 is 0 Å². The molecule has 158 valence electrons. The molecule has 6 N–H and O–H groups in total. The molecule has 0 unspecified atom stereocenters. The molecule has 0 spiro atoms. The van der Waals surface area contributed by atoms with E-state index < -0.39 is 5.91 Å². The van der Waals surface area contributed by atoms with Crippen LogP contribution in [0, 0.1) is 0 Å². The first-order valence-electron chi connectivity index (χ1n) is 9.49. The molecule has 0 atom stereocenters. The van der Waals surface area contributed by atoms with E-state index in [1.165, 1.54) is 0 Å². The molecule has 31 heavy (non-hydrogen) atoms. The van der Waals surface area contributed by atoms with Gasteiger partial charge in [-0.1, -0.05) is 41.9 Å². The van der Waals surface area contributed by atoms with Crippen molar-refractivity contribution in [3.63, 3.8) is 0 Å². The lowest BCUT2D eigenvalue weighted by Gasteiger charge is -2.14. The lowest BCUT2D eigenvalue weighted by Crippen LogP contribution is -2.23. The molecule has 0 aliphatic carbocycles. The molecule has 0 saturated heterocycles. The Morgan fingerprint density at radius 2 is 1.74 bits per heavy atom. The molecular weight excluding hydrogens is 414 g/mol. The Hall–Kier alpha value is -3.84. The molecule has 0 radical (unpaired) electrons. The molecule has 0 saturated carbocycles. The molecule has 3 aromatic rings. The van der Waals surface area contributed by atoms with E-state index in [0.29, 0.717) is 29.2 Å². The number of amides is 2. The van der Waals surface area contributed by atoms with Crippen LogP contribution in [-0.2, 0) is 13.1 Å². The number of hydrogen-bond acceptors (Lipinski definition) is 5. The lowest BCUT2D eigenvalue weighted by molar-refractivity contribution is 0.0949. The summed E-state index contributed by atoms with van der Waals surface area (Å²) in [5, 5.41) is 10.3. The number of benzene rings is 3. The van der Waals surface area contributed by atoms with Gasteiger partial charge in [0, 0.05) is 34.9 Å². The van der Waals surface area contributed by atoms with Crippen LogP contribution in [0.15, 0.2) is 71.8 Å². The minimum atomic E-state index is -0.467. The molecule has 3 aromatic carbocycles. The molecular formula is C23H22ClN5O2. The minimum Gasteiger partial charge on any atom is -0.381 e. The Balaban J connectivity index is 1.73. The lowest BCUT2D eigenvalue weighted by atomic mass is 10.1. The van der Waals surface area contributed by atoms with Crippen LogP contribution in [0.5, 0.6) is 0 Å². The van der Waals surface area contributed by atoms with Crippen molar-refractivity contribution in [2.24, 2.45) is 16.7 Å². The standard InChI is InChI=1S/C23H22ClN5O2/c24-20-3-1-2-18(11-20)23(31)28-14-19-9-6-16(13-29-26)10-21(19)27-12-15-4-7-17(8-5-15)22(25)30/h1-11,13,27H,12,14,26H2,(H2,25,30)(H,28,31). The fourth-order valence-electron chi connectivity index (χ4n) is 2.97. The van der Waals surface area contributed by atoms with Gasteiger partial charge in [-0.15, -0.1) is 0 Å². The maximum absolute atomic E-state index is 12.5. The van der Waals surface area contributed by atoms with Gasteiger partial charge in [0.1, 0.15) is 0 Å². The second-order valence-corrected chi connectivity index (χ2v) is 7.24. The normalized spacial score (nSPS) is 10.7. The molecule has 0 aromatic heterocycles. The van der Waals surface area contributed by atoms with Crippen molar-refractivity contribution in [2.45, 2.75) is 13.1 Å². The summed E-state index contributed by atoms with van der Waals surface area (Å²) in [6.07, 6.45) is 1.54. The van der Waals surface area contributed by atoms with Gasteiger partial charge in [-0.3, -0.25) is 9.59 Å². The number of rotatable bonds is 8. The van der Waals surface area contributed by atoms with Crippen LogP contribution < -0.4 is 22.2 Å². The molecule has 0 bridgehead atoms. The van der Waals surface area contributed by atoms with Crippen molar-refractivity contribution in [2.75, 3.05) is 5.32 Å². The average Bonchev–Trinajstić information content (AvgIpc) is 2.77. The van der Waals surface area contributed by atoms with Gasteiger partial charge in [0.15, 0.2) is 0 Å². The quantitative estimate of drug-likeness (QED) is 0.246. The molecule has 3 rings (SSSR count). The maximum atomic E-state index is 12.5. The highest BCUT2D eigenvalue weighted by Crippen LogP contribution is 2.19. The zero-order valence-electron chi connectivity index (χ0n) is 16.6. The van der Waals surface area contributed by atoms with Crippen LogP contribution in [0.25, 0.3) is 0 Å². The number of primary amides is 1. The Labute approximate surface area is 185 Å². The van der Waals surface area contributed by atoms with Gasteiger partial charge in [-0.05, 0) is 53.1 Å². The maximum Gasteiger partial charge on any atom is 0.251 e. The van der Waals surface area contributed by atoms with Gasteiger partial charge in [0.05, 0.1) is 6.21 Å². The van der Waals surface area contributed by atoms with Crippen LogP contribution in [-0.4, -0.2) is 18.0 Å². The second kappa shape index (κ2) is 10.3. The first-order chi connectivity index (χ1) is 15.0. The monoisotopic (exact) mass is 435 g/mol. The molecule has 0 aliphatic rings. The van der Waals surface area contributed by atoms with E-state index in [9.17, 15) is 9.59 Å². The Morgan fingerprint density at radius 3 is 2.42 bits per heavy atom. The van der Waals surface area contributed by atoms with Crippen molar-refractivity contribution < 1.29 is 9.59 Å². The zero-order valence-corrected chi connectivity index (χ0v) is 17.4. The summed E-state index contributed by atoms with van der Waals surface area (Å²) in [6, 6.07) is 19.5. The smallest absolute Gasteiger partial charge is 0.251 e. The molecule has 8 heteroatoms. The SMILES string of the molecule is NN=Cc1ccc(CNC(=O)c2cccc(Cl)c2)c(NCc2ccc(C(N)=O)cc2)c1. The van der Waals surface area contributed by atoms with E-state index in [1.807, 2.05) is 30.3 Å². The number of hydrogen-bond donors (Lipinski definition) is 4.